The van der Waals surface area contributed by atoms with Crippen LogP contribution >= 0.6 is 0 Å². The standard InChI is InChI=1S/C38H39N7O6/c1-42-20-28(31-6-4-5-7-33(31)42)15-36(47)45-21-32-34(22-45)51-29-10-8-24(9-11-29)16-39-35(46)23-50-30-13-26(37(48)41-32)12-27(14-30)38(49)43(2)18-25-17-40-44(3)19-25/h4-14,17,19-20,32,34H,15-16,18,21-23H2,1-3H3,(H,39,46)(H,41,48)/t32-,34-/m0/s1. The topological polar surface area (TPSA) is 140 Å². The van der Waals surface area contributed by atoms with Gasteiger partial charge in [0, 0.05) is 80.8 Å². The fraction of sp³-hybridized carbons (Fsp3) is 0.289. The molecule has 2 aromatic heterocycles. The maximum absolute atomic E-state index is 14.0. The highest BCUT2D eigenvalue weighted by molar-refractivity contribution is 6.00. The highest BCUT2D eigenvalue weighted by Crippen LogP contribution is 2.25. The van der Waals surface area contributed by atoms with Gasteiger partial charge in [-0.25, -0.2) is 0 Å². The van der Waals surface area contributed by atoms with E-state index in [2.05, 4.69) is 15.7 Å². The summed E-state index contributed by atoms with van der Waals surface area (Å²) >= 11 is 0. The number of likely N-dealkylation sites (tertiary alicyclic amines) is 1. The first kappa shape index (κ1) is 33.4. The van der Waals surface area contributed by atoms with Crippen LogP contribution < -0.4 is 20.1 Å². The number of para-hydroxylation sites is 1. The van der Waals surface area contributed by atoms with E-state index in [-0.39, 0.29) is 67.3 Å². The Hall–Kier alpha value is -6.11. The molecule has 51 heavy (non-hydrogen) atoms. The molecule has 0 saturated carbocycles. The van der Waals surface area contributed by atoms with E-state index in [1.54, 1.807) is 42.0 Å². The predicted molar refractivity (Wildman–Crippen MR) is 188 cm³/mol. The smallest absolute Gasteiger partial charge is 0.258 e. The number of carbonyl (C=O) groups excluding carboxylic acids is 4. The Kier molecular flexibility index (Phi) is 9.18. The Balaban J connectivity index is 1.16. The van der Waals surface area contributed by atoms with Gasteiger partial charge in [-0.2, -0.15) is 5.10 Å². The number of aryl methyl sites for hydroxylation is 2. The van der Waals surface area contributed by atoms with Gasteiger partial charge in [0.15, 0.2) is 6.61 Å². The van der Waals surface area contributed by atoms with Crippen molar-refractivity contribution >= 4 is 34.5 Å². The summed E-state index contributed by atoms with van der Waals surface area (Å²) in [4.78, 5) is 57.3. The predicted octanol–water partition coefficient (Wildman–Crippen LogP) is 2.82. The van der Waals surface area contributed by atoms with Gasteiger partial charge in [0.1, 0.15) is 17.6 Å². The number of rotatable bonds is 5. The van der Waals surface area contributed by atoms with E-state index in [4.69, 9.17) is 9.47 Å². The number of carbonyl (C=O) groups is 4. The second kappa shape index (κ2) is 14.0. The lowest BCUT2D eigenvalue weighted by Crippen LogP contribution is -2.45. The lowest BCUT2D eigenvalue weighted by Gasteiger charge is -2.22. The molecule has 3 aliphatic rings. The molecule has 4 bridgehead atoms. The monoisotopic (exact) mass is 689 g/mol. The van der Waals surface area contributed by atoms with E-state index in [1.165, 1.54) is 23.1 Å². The van der Waals surface area contributed by atoms with Crippen LogP contribution in [0.2, 0.25) is 0 Å². The molecular weight excluding hydrogens is 650 g/mol. The average Bonchev–Trinajstić information content (AvgIpc) is 3.82. The van der Waals surface area contributed by atoms with Crippen LogP contribution in [-0.2, 0) is 43.2 Å². The quantitative estimate of drug-likeness (QED) is 0.289. The number of hydrogen-bond acceptors (Lipinski definition) is 7. The van der Waals surface area contributed by atoms with Crippen LogP contribution in [0.3, 0.4) is 0 Å². The fourth-order valence-electron chi connectivity index (χ4n) is 6.65. The number of nitrogens with zero attached hydrogens (tertiary/aromatic N) is 5. The molecule has 2 N–H and O–H groups in total. The fourth-order valence-corrected chi connectivity index (χ4v) is 6.65. The van der Waals surface area contributed by atoms with Crippen molar-refractivity contribution in [3.63, 3.8) is 0 Å². The average molecular weight is 690 g/mol. The van der Waals surface area contributed by atoms with Crippen molar-refractivity contribution in [1.82, 2.24) is 34.8 Å². The van der Waals surface area contributed by atoms with Gasteiger partial charge in [0.05, 0.1) is 25.2 Å². The summed E-state index contributed by atoms with van der Waals surface area (Å²) in [5.41, 5.74) is 4.05. The van der Waals surface area contributed by atoms with Crippen LogP contribution in [0.25, 0.3) is 10.9 Å². The summed E-state index contributed by atoms with van der Waals surface area (Å²) in [6.45, 7) is 0.744. The van der Waals surface area contributed by atoms with Crippen molar-refractivity contribution in [2.75, 3.05) is 26.7 Å². The molecule has 5 aromatic rings. The lowest BCUT2D eigenvalue weighted by molar-refractivity contribution is -0.129. The number of benzene rings is 3. The molecule has 262 valence electrons. The Bertz CT molecular complexity index is 2120. The third-order valence-corrected chi connectivity index (χ3v) is 9.27. The first-order valence-electron chi connectivity index (χ1n) is 16.7. The van der Waals surface area contributed by atoms with Crippen LogP contribution in [0.4, 0.5) is 0 Å². The third kappa shape index (κ3) is 7.42. The van der Waals surface area contributed by atoms with Gasteiger partial charge in [-0.3, -0.25) is 23.9 Å². The molecule has 0 aliphatic carbocycles. The largest absolute Gasteiger partial charge is 0.486 e. The van der Waals surface area contributed by atoms with Gasteiger partial charge in [0.2, 0.25) is 5.91 Å². The SMILES string of the molecule is CN(Cc1cnn(C)c1)C(=O)c1cc2cc(c1)C(=O)N[C@H]1CN(C(=O)Cc3cn(C)c4ccccc34)C[C@@H]1Oc1ccc(cc1)CNC(=O)CO2. The van der Waals surface area contributed by atoms with Crippen molar-refractivity contribution < 1.29 is 28.7 Å². The second-order valence-corrected chi connectivity index (χ2v) is 13.1. The third-order valence-electron chi connectivity index (χ3n) is 9.27. The van der Waals surface area contributed by atoms with Gasteiger partial charge in [-0.05, 0) is 47.5 Å². The maximum Gasteiger partial charge on any atom is 0.258 e. The summed E-state index contributed by atoms with van der Waals surface area (Å²) in [5.74, 6) is -0.506. The number of hydrogen-bond donors (Lipinski definition) is 2. The molecule has 8 rings (SSSR count). The summed E-state index contributed by atoms with van der Waals surface area (Å²) in [6.07, 6.45) is 5.13. The molecule has 5 heterocycles. The van der Waals surface area contributed by atoms with Crippen LogP contribution in [0.15, 0.2) is 85.3 Å². The zero-order valence-corrected chi connectivity index (χ0v) is 28.7. The van der Waals surface area contributed by atoms with Crippen molar-refractivity contribution in [1.29, 1.82) is 0 Å². The summed E-state index contributed by atoms with van der Waals surface area (Å²) < 4.78 is 15.9. The molecule has 3 aromatic carbocycles. The Labute approximate surface area is 294 Å². The van der Waals surface area contributed by atoms with Crippen molar-refractivity contribution in [3.8, 4) is 11.5 Å². The summed E-state index contributed by atoms with van der Waals surface area (Å²) in [6, 6.07) is 19.2. The number of nitrogens with one attached hydrogen (secondary N) is 2. The first-order chi connectivity index (χ1) is 24.6. The van der Waals surface area contributed by atoms with Crippen molar-refractivity contribution in [2.45, 2.75) is 31.7 Å². The molecule has 13 nitrogen and oxygen atoms in total. The van der Waals surface area contributed by atoms with Gasteiger partial charge in [-0.15, -0.1) is 0 Å². The van der Waals surface area contributed by atoms with Crippen molar-refractivity contribution in [2.24, 2.45) is 14.1 Å². The minimum absolute atomic E-state index is 0.0788. The molecule has 0 radical (unpaired) electrons. The molecular formula is C38H39N7O6. The van der Waals surface area contributed by atoms with E-state index in [0.717, 1.165) is 27.6 Å². The number of fused-ring (bicyclic) bond motifs is 8. The second-order valence-electron chi connectivity index (χ2n) is 13.1. The van der Waals surface area contributed by atoms with Gasteiger partial charge >= 0.3 is 0 Å². The molecule has 2 atom stereocenters. The minimum atomic E-state index is -0.565. The van der Waals surface area contributed by atoms with E-state index in [9.17, 15) is 19.2 Å². The lowest BCUT2D eigenvalue weighted by atomic mass is 10.1. The summed E-state index contributed by atoms with van der Waals surface area (Å²) in [7, 11) is 5.42. The van der Waals surface area contributed by atoms with Crippen LogP contribution in [-0.4, -0.2) is 86.7 Å². The highest BCUT2D eigenvalue weighted by atomic mass is 16.5. The van der Waals surface area contributed by atoms with E-state index >= 15 is 0 Å². The first-order valence-corrected chi connectivity index (χ1v) is 16.7. The molecule has 0 spiro atoms. The molecule has 4 amide bonds. The Morgan fingerprint density at radius 3 is 2.57 bits per heavy atom. The molecule has 3 aliphatic heterocycles. The molecule has 0 unspecified atom stereocenters. The summed E-state index contributed by atoms with van der Waals surface area (Å²) in [5, 5.41) is 11.1. The van der Waals surface area contributed by atoms with Gasteiger partial charge < -0.3 is 34.5 Å². The van der Waals surface area contributed by atoms with Crippen molar-refractivity contribution in [3.05, 3.63) is 113 Å². The number of amides is 4. The highest BCUT2D eigenvalue weighted by Gasteiger charge is 2.38. The Morgan fingerprint density at radius 1 is 0.980 bits per heavy atom. The van der Waals surface area contributed by atoms with E-state index < -0.39 is 18.1 Å². The zero-order chi connectivity index (χ0) is 35.6. The van der Waals surface area contributed by atoms with E-state index in [1.807, 2.05) is 60.4 Å². The van der Waals surface area contributed by atoms with Gasteiger partial charge in [-0.1, -0.05) is 30.3 Å². The molecule has 1 saturated heterocycles. The van der Waals surface area contributed by atoms with Gasteiger partial charge in [0.25, 0.3) is 17.7 Å². The number of ether oxygens (including phenoxy) is 2. The minimum Gasteiger partial charge on any atom is -0.486 e. The Morgan fingerprint density at radius 2 is 1.78 bits per heavy atom. The molecule has 1 fully saturated rings. The van der Waals surface area contributed by atoms with Crippen LogP contribution in [0.5, 0.6) is 11.5 Å². The molecule has 13 heteroatoms. The normalized spacial score (nSPS) is 17.6. The number of aromatic nitrogens is 3. The van der Waals surface area contributed by atoms with Crippen LogP contribution in [0, 0.1) is 0 Å². The maximum atomic E-state index is 14.0. The zero-order valence-electron chi connectivity index (χ0n) is 28.7. The van der Waals surface area contributed by atoms with Crippen LogP contribution in [0.1, 0.15) is 37.4 Å². The van der Waals surface area contributed by atoms with E-state index in [0.29, 0.717) is 12.3 Å².